The lowest BCUT2D eigenvalue weighted by atomic mass is 10.0. The van der Waals surface area contributed by atoms with E-state index in [1.54, 1.807) is 12.1 Å². The van der Waals surface area contributed by atoms with Crippen molar-refractivity contribution < 1.29 is 30.6 Å². The van der Waals surface area contributed by atoms with Crippen molar-refractivity contribution in [2.24, 2.45) is 0 Å². The Hall–Kier alpha value is -2.80. The number of amides is 2. The van der Waals surface area contributed by atoms with Gasteiger partial charge >= 0.3 is 0 Å². The van der Waals surface area contributed by atoms with Crippen LogP contribution in [0.3, 0.4) is 0 Å². The third-order valence-electron chi connectivity index (χ3n) is 5.81. The van der Waals surface area contributed by atoms with Crippen LogP contribution in [0.5, 0.6) is 0 Å². The fraction of sp³-hybridized carbons (Fsp3) is 0.417. The average Bonchev–Trinajstić information content (AvgIpc) is 2.85. The molecule has 3 rings (SSSR count). The van der Waals surface area contributed by atoms with E-state index >= 15 is 0 Å². The van der Waals surface area contributed by atoms with Gasteiger partial charge in [-0.3, -0.25) is 13.8 Å². The number of nitrogens with zero attached hydrogens (tertiary/aromatic N) is 2. The molecule has 0 radical (unpaired) electrons. The number of carbonyl (C=O) groups excluding carboxylic acids is 2. The molecule has 0 spiro atoms. The maximum atomic E-state index is 13.2. The summed E-state index contributed by atoms with van der Waals surface area (Å²) in [6, 6.07) is 15.8. The summed E-state index contributed by atoms with van der Waals surface area (Å²) in [5.74, 6) is -0.788. The first-order chi connectivity index (χ1) is 16.9. The quantitative estimate of drug-likeness (QED) is 0.357. The number of sulfonamides is 1. The molecule has 0 aliphatic carbocycles. The molecule has 0 saturated carbocycles. The minimum absolute atomic E-state index is 0.119. The van der Waals surface area contributed by atoms with Gasteiger partial charge in [-0.1, -0.05) is 42.5 Å². The number of piperazine rings is 1. The van der Waals surface area contributed by atoms with Gasteiger partial charge in [-0.15, -0.1) is 0 Å². The molecular formula is C24H31N3O7S2. The molecule has 1 aliphatic rings. The molecular weight excluding hydrogens is 506 g/mol. The van der Waals surface area contributed by atoms with E-state index in [4.69, 9.17) is 4.18 Å². The van der Waals surface area contributed by atoms with Crippen LogP contribution in [0.25, 0.3) is 11.1 Å². The van der Waals surface area contributed by atoms with Gasteiger partial charge in [0.05, 0.1) is 19.1 Å². The molecule has 1 atom stereocenters. The first-order valence-electron chi connectivity index (χ1n) is 11.5. The molecule has 1 N–H and O–H groups in total. The van der Waals surface area contributed by atoms with Crippen LogP contribution in [0.1, 0.15) is 23.2 Å². The Labute approximate surface area is 212 Å². The van der Waals surface area contributed by atoms with Gasteiger partial charge in [0, 0.05) is 31.7 Å². The predicted octanol–water partition coefficient (Wildman–Crippen LogP) is 1.31. The van der Waals surface area contributed by atoms with Gasteiger partial charge in [0.2, 0.25) is 15.9 Å². The van der Waals surface area contributed by atoms with Gasteiger partial charge in [-0.2, -0.15) is 12.7 Å². The predicted molar refractivity (Wildman–Crippen MR) is 136 cm³/mol. The number of carbonyl (C=O) groups is 2. The van der Waals surface area contributed by atoms with E-state index in [0.29, 0.717) is 5.56 Å². The highest BCUT2D eigenvalue weighted by Gasteiger charge is 2.31. The zero-order valence-corrected chi connectivity index (χ0v) is 21.9. The summed E-state index contributed by atoms with van der Waals surface area (Å²) in [5, 5.41) is 2.76. The van der Waals surface area contributed by atoms with Crippen molar-refractivity contribution in [3.63, 3.8) is 0 Å². The maximum Gasteiger partial charge on any atom is 0.264 e. The topological polar surface area (TPSA) is 130 Å². The van der Waals surface area contributed by atoms with Crippen LogP contribution in [0.4, 0.5) is 0 Å². The van der Waals surface area contributed by atoms with Crippen LogP contribution in [0.15, 0.2) is 54.6 Å². The molecule has 196 valence electrons. The molecule has 2 amide bonds. The van der Waals surface area contributed by atoms with E-state index in [-0.39, 0.29) is 51.5 Å². The van der Waals surface area contributed by atoms with E-state index in [1.165, 1.54) is 9.21 Å². The van der Waals surface area contributed by atoms with Gasteiger partial charge in [-0.05, 0) is 36.1 Å². The summed E-state index contributed by atoms with van der Waals surface area (Å²) in [4.78, 5) is 27.7. The Morgan fingerprint density at radius 1 is 0.889 bits per heavy atom. The van der Waals surface area contributed by atoms with E-state index in [9.17, 15) is 26.4 Å². The normalized spacial score (nSPS) is 15.9. The molecule has 2 aromatic carbocycles. The molecule has 1 fully saturated rings. The third kappa shape index (κ3) is 8.12. The van der Waals surface area contributed by atoms with Crippen LogP contribution in [0, 0.1) is 0 Å². The van der Waals surface area contributed by atoms with Crippen molar-refractivity contribution in [1.29, 1.82) is 0 Å². The zero-order chi connectivity index (χ0) is 26.3. The van der Waals surface area contributed by atoms with E-state index < -0.39 is 32.1 Å². The van der Waals surface area contributed by atoms with Crippen molar-refractivity contribution in [2.45, 2.75) is 18.9 Å². The number of hydrogen-bond acceptors (Lipinski definition) is 7. The molecule has 0 aromatic heterocycles. The number of rotatable bonds is 10. The van der Waals surface area contributed by atoms with Gasteiger partial charge < -0.3 is 10.2 Å². The van der Waals surface area contributed by atoms with Crippen LogP contribution < -0.4 is 5.32 Å². The van der Waals surface area contributed by atoms with Crippen molar-refractivity contribution >= 4 is 32.0 Å². The van der Waals surface area contributed by atoms with Crippen LogP contribution in [-0.2, 0) is 29.1 Å². The lowest BCUT2D eigenvalue weighted by molar-refractivity contribution is -0.134. The number of benzene rings is 2. The van der Waals surface area contributed by atoms with Crippen molar-refractivity contribution in [1.82, 2.24) is 14.5 Å². The summed E-state index contributed by atoms with van der Waals surface area (Å²) in [7, 11) is -6.97. The van der Waals surface area contributed by atoms with Crippen LogP contribution >= 0.6 is 0 Å². The SMILES string of the molecule is CS(=O)(=O)OCCCC(NC(=O)c1ccc(-c2ccccc2)cc1)C(=O)N1CCN(S(C)(=O)=O)CC1. The molecule has 12 heteroatoms. The van der Waals surface area contributed by atoms with E-state index in [1.807, 2.05) is 42.5 Å². The van der Waals surface area contributed by atoms with Crippen molar-refractivity contribution in [3.8, 4) is 11.1 Å². The van der Waals surface area contributed by atoms with Gasteiger partial charge in [-0.25, -0.2) is 8.42 Å². The highest BCUT2D eigenvalue weighted by atomic mass is 32.2. The molecule has 10 nitrogen and oxygen atoms in total. The van der Waals surface area contributed by atoms with Gasteiger partial charge in [0.1, 0.15) is 6.04 Å². The molecule has 2 aromatic rings. The second-order valence-electron chi connectivity index (χ2n) is 8.63. The highest BCUT2D eigenvalue weighted by molar-refractivity contribution is 7.88. The Kier molecular flexibility index (Phi) is 9.23. The minimum Gasteiger partial charge on any atom is -0.340 e. The largest absolute Gasteiger partial charge is 0.340 e. The first-order valence-corrected chi connectivity index (χ1v) is 15.2. The molecule has 1 unspecified atom stereocenters. The highest BCUT2D eigenvalue weighted by Crippen LogP contribution is 2.19. The summed E-state index contributed by atoms with van der Waals surface area (Å²) in [6.45, 7) is 0.618. The molecule has 1 heterocycles. The smallest absolute Gasteiger partial charge is 0.264 e. The molecule has 0 bridgehead atoms. The van der Waals surface area contributed by atoms with Crippen molar-refractivity contribution in [2.75, 3.05) is 45.3 Å². The van der Waals surface area contributed by atoms with E-state index in [2.05, 4.69) is 5.32 Å². The Bertz CT molecular complexity index is 1260. The Balaban J connectivity index is 1.68. The molecule has 36 heavy (non-hydrogen) atoms. The Morgan fingerprint density at radius 2 is 1.47 bits per heavy atom. The van der Waals surface area contributed by atoms with Crippen LogP contribution in [0.2, 0.25) is 0 Å². The standard InChI is InChI=1S/C24H31N3O7S2/c1-35(30,31)27-16-14-26(15-17-27)24(29)22(9-6-18-34-36(2,32)33)25-23(28)21-12-10-20(11-13-21)19-7-4-3-5-8-19/h3-5,7-8,10-13,22H,6,9,14-18H2,1-2H3,(H,25,28). The summed E-state index contributed by atoms with van der Waals surface area (Å²) in [6.07, 6.45) is 2.45. The lowest BCUT2D eigenvalue weighted by Gasteiger charge is -2.35. The molecule has 1 saturated heterocycles. The molecule has 1 aliphatic heterocycles. The first kappa shape index (κ1) is 27.8. The number of hydrogen-bond donors (Lipinski definition) is 1. The fourth-order valence-electron chi connectivity index (χ4n) is 3.90. The monoisotopic (exact) mass is 537 g/mol. The van der Waals surface area contributed by atoms with Crippen LogP contribution in [-0.4, -0.2) is 89.2 Å². The second-order valence-corrected chi connectivity index (χ2v) is 12.3. The van der Waals surface area contributed by atoms with Gasteiger partial charge in [0.25, 0.3) is 16.0 Å². The summed E-state index contributed by atoms with van der Waals surface area (Å²) in [5.41, 5.74) is 2.33. The van der Waals surface area contributed by atoms with E-state index in [0.717, 1.165) is 23.6 Å². The lowest BCUT2D eigenvalue weighted by Crippen LogP contribution is -2.55. The summed E-state index contributed by atoms with van der Waals surface area (Å²) < 4.78 is 52.1. The zero-order valence-electron chi connectivity index (χ0n) is 20.3. The Morgan fingerprint density at radius 3 is 2.03 bits per heavy atom. The number of nitrogens with one attached hydrogen (secondary N) is 1. The summed E-state index contributed by atoms with van der Waals surface area (Å²) >= 11 is 0. The maximum absolute atomic E-state index is 13.2. The second kappa shape index (κ2) is 12.0. The van der Waals surface area contributed by atoms with Gasteiger partial charge in [0.15, 0.2) is 0 Å². The van der Waals surface area contributed by atoms with Crippen molar-refractivity contribution in [3.05, 3.63) is 60.2 Å². The fourth-order valence-corrected chi connectivity index (χ4v) is 5.15. The minimum atomic E-state index is -3.62. The average molecular weight is 538 g/mol. The third-order valence-corrected chi connectivity index (χ3v) is 7.71.